The van der Waals surface area contributed by atoms with E-state index >= 15 is 0 Å². The maximum absolute atomic E-state index is 12.5. The van der Waals surface area contributed by atoms with Gasteiger partial charge in [-0.25, -0.2) is 4.79 Å². The van der Waals surface area contributed by atoms with Gasteiger partial charge in [0.2, 0.25) is 0 Å². The van der Waals surface area contributed by atoms with Crippen molar-refractivity contribution in [1.29, 1.82) is 10.5 Å². The Balaban J connectivity index is 0.000000154. The molecule has 0 unspecified atom stereocenters. The summed E-state index contributed by atoms with van der Waals surface area (Å²) >= 11 is 0. The summed E-state index contributed by atoms with van der Waals surface area (Å²) < 4.78 is 0. The number of carbonyl (C=O) groups is 4. The summed E-state index contributed by atoms with van der Waals surface area (Å²) in [7, 11) is 0. The highest BCUT2D eigenvalue weighted by Gasteiger charge is 2.46. The molecule has 2 heterocycles. The zero-order valence-electron chi connectivity index (χ0n) is 27.9. The standard InChI is InChI=1S/C21H22N2O2.C19H18N2O3/c1-2-18(24)15-4-3-14-12-19(25)17(13-22)20(16(14)11-15)23-9-7-21(5-6-21)8-10-23;20-11-15-16(22)10-12-1-2-13(18(23)24)9-14(12)17(15)21-7-5-19(3-4-19)6-8-21/h3-4,11H,2,5-10,12H2,1H3;1-2,9H,3-8,10H2,(H,23,24). The fourth-order valence-electron chi connectivity index (χ4n) is 8.12. The Morgan fingerprint density at radius 2 is 1.10 bits per heavy atom. The van der Waals surface area contributed by atoms with E-state index in [0.29, 0.717) is 28.5 Å². The molecule has 6 aliphatic rings. The molecule has 2 aromatic carbocycles. The highest BCUT2D eigenvalue weighted by atomic mass is 16.4. The smallest absolute Gasteiger partial charge is 0.335 e. The number of nitriles is 2. The summed E-state index contributed by atoms with van der Waals surface area (Å²) in [6, 6.07) is 14.6. The van der Waals surface area contributed by atoms with Gasteiger partial charge in [-0.3, -0.25) is 14.4 Å². The van der Waals surface area contributed by atoms with E-state index in [0.717, 1.165) is 79.8 Å². The number of nitrogens with zero attached hydrogens (tertiary/aromatic N) is 4. The SMILES string of the molecule is CCC(=O)c1ccc2c(c1)C(N1CCC3(CC1)CC3)=C(C#N)C(=O)C2.N#CC1=C(N2CCC3(CC2)CC3)c2cc(C(=O)O)ccc2CC1=O. The van der Waals surface area contributed by atoms with Gasteiger partial charge in [0.25, 0.3) is 0 Å². The van der Waals surface area contributed by atoms with Crippen molar-refractivity contribution in [2.75, 3.05) is 26.2 Å². The number of hydrogen-bond donors (Lipinski definition) is 1. The molecule has 2 spiro atoms. The molecule has 9 heteroatoms. The number of carboxylic acid groups (broad SMARTS) is 1. The fourth-order valence-corrected chi connectivity index (χ4v) is 8.12. The monoisotopic (exact) mass is 656 g/mol. The lowest BCUT2D eigenvalue weighted by molar-refractivity contribution is -0.115. The van der Waals surface area contributed by atoms with E-state index in [1.54, 1.807) is 12.1 Å². The molecule has 1 N–H and O–H groups in total. The number of hydrogen-bond acceptors (Lipinski definition) is 8. The van der Waals surface area contributed by atoms with Crippen LogP contribution in [-0.2, 0) is 22.4 Å². The lowest BCUT2D eigenvalue weighted by Gasteiger charge is -2.37. The van der Waals surface area contributed by atoms with Crippen molar-refractivity contribution in [3.8, 4) is 12.1 Å². The number of allylic oxidation sites excluding steroid dienone is 2. The summed E-state index contributed by atoms with van der Waals surface area (Å²) in [5.41, 5.74) is 7.10. The van der Waals surface area contributed by atoms with E-state index < -0.39 is 5.97 Å². The first kappa shape index (κ1) is 32.5. The van der Waals surface area contributed by atoms with Crippen molar-refractivity contribution in [2.45, 2.75) is 77.6 Å². The lowest BCUT2D eigenvalue weighted by atomic mass is 9.84. The van der Waals surface area contributed by atoms with Crippen molar-refractivity contribution in [1.82, 2.24) is 9.80 Å². The van der Waals surface area contributed by atoms with E-state index in [9.17, 15) is 34.8 Å². The third kappa shape index (κ3) is 6.08. The average molecular weight is 657 g/mol. The number of fused-ring (bicyclic) bond motifs is 2. The number of Topliss-reactive ketones (excluding diaryl/α,β-unsaturated/α-hetero) is 3. The first-order valence-electron chi connectivity index (χ1n) is 17.5. The molecule has 2 saturated heterocycles. The molecule has 2 aromatic rings. The minimum Gasteiger partial charge on any atom is -0.478 e. The van der Waals surface area contributed by atoms with E-state index in [1.165, 1.54) is 31.7 Å². The number of ketones is 3. The number of piperidine rings is 2. The molecule has 0 bridgehead atoms. The Hall–Kier alpha value is -5.02. The Morgan fingerprint density at radius 1 is 0.694 bits per heavy atom. The molecular formula is C40H40N4O5. The largest absolute Gasteiger partial charge is 0.478 e. The van der Waals surface area contributed by atoms with Crippen LogP contribution in [0.25, 0.3) is 11.4 Å². The number of likely N-dealkylation sites (tertiary alicyclic amines) is 2. The van der Waals surface area contributed by atoms with Gasteiger partial charge in [-0.15, -0.1) is 0 Å². The second kappa shape index (κ2) is 12.5. The van der Waals surface area contributed by atoms with Gasteiger partial charge in [0.1, 0.15) is 23.3 Å². The van der Waals surface area contributed by atoms with Crippen LogP contribution in [0, 0.1) is 33.5 Å². The molecule has 0 aromatic heterocycles. The minimum atomic E-state index is -0.997. The predicted molar refractivity (Wildman–Crippen MR) is 182 cm³/mol. The third-order valence-corrected chi connectivity index (χ3v) is 11.8. The van der Waals surface area contributed by atoms with Crippen LogP contribution in [-0.4, -0.2) is 64.4 Å². The van der Waals surface area contributed by atoms with Crippen LogP contribution in [0.5, 0.6) is 0 Å². The Bertz CT molecular complexity index is 1930. The van der Waals surface area contributed by atoms with Crippen LogP contribution in [0.2, 0.25) is 0 Å². The van der Waals surface area contributed by atoms with Crippen molar-refractivity contribution in [3.05, 3.63) is 80.9 Å². The zero-order chi connectivity index (χ0) is 34.5. The van der Waals surface area contributed by atoms with Crippen LogP contribution >= 0.6 is 0 Å². The molecule has 2 saturated carbocycles. The van der Waals surface area contributed by atoms with Crippen molar-refractivity contribution >= 4 is 34.7 Å². The van der Waals surface area contributed by atoms with Crippen LogP contribution in [0.15, 0.2) is 47.5 Å². The first-order chi connectivity index (χ1) is 23.6. The van der Waals surface area contributed by atoms with Gasteiger partial charge in [0.05, 0.1) is 17.0 Å². The molecule has 0 radical (unpaired) electrons. The topological polar surface area (TPSA) is 143 Å². The fraction of sp³-hybridized carbons (Fsp3) is 0.450. The molecule has 0 amide bonds. The van der Waals surface area contributed by atoms with E-state index in [-0.39, 0.29) is 46.9 Å². The Labute approximate surface area is 286 Å². The highest BCUT2D eigenvalue weighted by Crippen LogP contribution is 2.55. The molecule has 8 rings (SSSR count). The van der Waals surface area contributed by atoms with Gasteiger partial charge in [-0.2, -0.15) is 10.5 Å². The molecule has 4 fully saturated rings. The van der Waals surface area contributed by atoms with E-state index in [1.807, 2.05) is 25.1 Å². The summed E-state index contributed by atoms with van der Waals surface area (Å²) in [6.07, 6.45) is 10.5. The number of carboxylic acids is 1. The molecular weight excluding hydrogens is 616 g/mol. The molecule has 250 valence electrons. The second-order valence-corrected chi connectivity index (χ2v) is 14.7. The predicted octanol–water partition coefficient (Wildman–Crippen LogP) is 6.14. The first-order valence-corrected chi connectivity index (χ1v) is 17.5. The van der Waals surface area contributed by atoms with Gasteiger partial charge in [-0.1, -0.05) is 25.1 Å². The van der Waals surface area contributed by atoms with Gasteiger partial charge < -0.3 is 14.9 Å². The zero-order valence-corrected chi connectivity index (χ0v) is 27.9. The lowest BCUT2D eigenvalue weighted by Crippen LogP contribution is -2.36. The van der Waals surface area contributed by atoms with Gasteiger partial charge >= 0.3 is 5.97 Å². The highest BCUT2D eigenvalue weighted by molar-refractivity contribution is 6.11. The summed E-state index contributed by atoms with van der Waals surface area (Å²) in [5.74, 6) is -1.18. The molecule has 9 nitrogen and oxygen atoms in total. The van der Waals surface area contributed by atoms with Gasteiger partial charge in [-0.05, 0) is 91.5 Å². The minimum absolute atomic E-state index is 0.0909. The Kier molecular flexibility index (Phi) is 8.27. The normalized spacial score (nSPS) is 21.3. The van der Waals surface area contributed by atoms with Crippen molar-refractivity contribution in [3.63, 3.8) is 0 Å². The number of aromatic carboxylic acids is 1. The molecule has 4 aliphatic carbocycles. The van der Waals surface area contributed by atoms with Gasteiger partial charge in [0, 0.05) is 62.1 Å². The maximum atomic E-state index is 12.5. The van der Waals surface area contributed by atoms with Crippen molar-refractivity contribution in [2.24, 2.45) is 10.8 Å². The van der Waals surface area contributed by atoms with E-state index in [2.05, 4.69) is 21.9 Å². The maximum Gasteiger partial charge on any atom is 0.335 e. The van der Waals surface area contributed by atoms with Crippen molar-refractivity contribution < 1.29 is 24.3 Å². The number of carbonyl (C=O) groups excluding carboxylic acids is 3. The summed E-state index contributed by atoms with van der Waals surface area (Å²) in [4.78, 5) is 52.6. The summed E-state index contributed by atoms with van der Waals surface area (Å²) in [6.45, 7) is 5.27. The summed E-state index contributed by atoms with van der Waals surface area (Å²) in [5, 5.41) is 28.4. The second-order valence-electron chi connectivity index (χ2n) is 14.7. The third-order valence-electron chi connectivity index (χ3n) is 11.8. The molecule has 0 atom stereocenters. The van der Waals surface area contributed by atoms with Crippen LogP contribution in [0.3, 0.4) is 0 Å². The number of benzene rings is 2. The van der Waals surface area contributed by atoms with Crippen LogP contribution in [0.4, 0.5) is 0 Å². The molecule has 2 aliphatic heterocycles. The van der Waals surface area contributed by atoms with Gasteiger partial charge in [0.15, 0.2) is 17.3 Å². The molecule has 49 heavy (non-hydrogen) atoms. The average Bonchev–Trinajstić information content (AvgIpc) is 4.05. The number of rotatable bonds is 5. The van der Waals surface area contributed by atoms with E-state index in [4.69, 9.17) is 0 Å². The van der Waals surface area contributed by atoms with Crippen LogP contribution < -0.4 is 0 Å². The Morgan fingerprint density at radius 3 is 1.47 bits per heavy atom. The quantitative estimate of drug-likeness (QED) is 0.376. The van der Waals surface area contributed by atoms with Crippen LogP contribution in [0.1, 0.15) is 108 Å².